The average molecular weight is 299 g/mol. The summed E-state index contributed by atoms with van der Waals surface area (Å²) in [6.45, 7) is 3.37. The van der Waals surface area contributed by atoms with Gasteiger partial charge in [-0.3, -0.25) is 0 Å². The lowest BCUT2D eigenvalue weighted by atomic mass is 10.1. The van der Waals surface area contributed by atoms with Gasteiger partial charge in [-0.1, -0.05) is 56.7 Å². The molecule has 0 aliphatic heterocycles. The molecule has 4 heteroatoms. The van der Waals surface area contributed by atoms with E-state index in [9.17, 15) is 4.79 Å². The third kappa shape index (κ3) is 6.40. The van der Waals surface area contributed by atoms with E-state index in [1.807, 2.05) is 0 Å². The van der Waals surface area contributed by atoms with Crippen molar-refractivity contribution < 1.29 is 14.6 Å². The van der Waals surface area contributed by atoms with Gasteiger partial charge in [0.2, 0.25) is 0 Å². The molecule has 1 rings (SSSR count). The fraction of sp³-hybridized carbons (Fsp3) is 0.562. The summed E-state index contributed by atoms with van der Waals surface area (Å²) >= 11 is 6.03. The number of carbonyl (C=O) groups is 1. The van der Waals surface area contributed by atoms with Gasteiger partial charge < -0.3 is 9.84 Å². The standard InChI is InChI=1S/C16H23ClO3/c1-2-3-4-5-6-7-10-20-12-14-9-8-13(16(18)19)11-15(14)17/h8-9,11H,2-7,10,12H2,1H3,(H,18,19). The number of unbranched alkanes of at least 4 members (excludes halogenated alkanes) is 5. The molecule has 0 bridgehead atoms. The molecular weight excluding hydrogens is 276 g/mol. The second-order valence-corrected chi connectivity index (χ2v) is 5.34. The highest BCUT2D eigenvalue weighted by Gasteiger charge is 2.06. The molecule has 112 valence electrons. The van der Waals surface area contributed by atoms with Crippen LogP contribution in [0, 0.1) is 0 Å². The lowest BCUT2D eigenvalue weighted by molar-refractivity contribution is 0.0696. The molecule has 0 atom stereocenters. The van der Waals surface area contributed by atoms with Crippen LogP contribution in [-0.2, 0) is 11.3 Å². The van der Waals surface area contributed by atoms with Crippen molar-refractivity contribution in [2.24, 2.45) is 0 Å². The first kappa shape index (κ1) is 17.0. The first-order chi connectivity index (χ1) is 9.65. The van der Waals surface area contributed by atoms with Crippen LogP contribution in [0.2, 0.25) is 5.02 Å². The van der Waals surface area contributed by atoms with Gasteiger partial charge in [-0.2, -0.15) is 0 Å². The Morgan fingerprint density at radius 2 is 1.90 bits per heavy atom. The van der Waals surface area contributed by atoms with Gasteiger partial charge in [0.1, 0.15) is 0 Å². The SMILES string of the molecule is CCCCCCCCOCc1ccc(C(=O)O)cc1Cl. The molecule has 1 aromatic rings. The van der Waals surface area contributed by atoms with Crippen molar-refractivity contribution in [2.75, 3.05) is 6.61 Å². The minimum absolute atomic E-state index is 0.203. The number of carboxylic acid groups (broad SMARTS) is 1. The average Bonchev–Trinajstić information content (AvgIpc) is 2.43. The molecule has 0 aliphatic rings. The minimum Gasteiger partial charge on any atom is -0.478 e. The summed E-state index contributed by atoms with van der Waals surface area (Å²) < 4.78 is 5.58. The van der Waals surface area contributed by atoms with Crippen molar-refractivity contribution >= 4 is 17.6 Å². The second-order valence-electron chi connectivity index (χ2n) is 4.93. The van der Waals surface area contributed by atoms with Crippen molar-refractivity contribution in [1.82, 2.24) is 0 Å². The Morgan fingerprint density at radius 1 is 1.20 bits per heavy atom. The smallest absolute Gasteiger partial charge is 0.335 e. The predicted octanol–water partition coefficient (Wildman–Crippen LogP) is 4.92. The number of aromatic carboxylic acids is 1. The number of carboxylic acids is 1. The zero-order valence-electron chi connectivity index (χ0n) is 12.0. The maximum absolute atomic E-state index is 10.8. The summed E-state index contributed by atoms with van der Waals surface area (Å²) in [7, 11) is 0. The third-order valence-electron chi connectivity index (χ3n) is 3.20. The molecule has 0 radical (unpaired) electrons. The molecule has 0 unspecified atom stereocenters. The van der Waals surface area contributed by atoms with Crippen molar-refractivity contribution in [1.29, 1.82) is 0 Å². The van der Waals surface area contributed by atoms with Gasteiger partial charge in [-0.05, 0) is 24.1 Å². The van der Waals surface area contributed by atoms with Crippen LogP contribution >= 0.6 is 11.6 Å². The Bertz CT molecular complexity index is 418. The van der Waals surface area contributed by atoms with E-state index in [0.29, 0.717) is 11.6 Å². The molecule has 0 spiro atoms. The summed E-state index contributed by atoms with van der Waals surface area (Å²) in [5.41, 5.74) is 1.04. The fourth-order valence-electron chi connectivity index (χ4n) is 1.96. The molecule has 20 heavy (non-hydrogen) atoms. The van der Waals surface area contributed by atoms with E-state index < -0.39 is 5.97 Å². The maximum atomic E-state index is 10.8. The number of rotatable bonds is 10. The van der Waals surface area contributed by atoms with Crippen LogP contribution in [0.25, 0.3) is 0 Å². The predicted molar refractivity (Wildman–Crippen MR) is 81.4 cm³/mol. The molecule has 1 aromatic carbocycles. The minimum atomic E-state index is -0.966. The summed E-state index contributed by atoms with van der Waals surface area (Å²) in [4.78, 5) is 10.8. The normalized spacial score (nSPS) is 10.7. The van der Waals surface area contributed by atoms with Crippen molar-refractivity contribution in [3.63, 3.8) is 0 Å². The fourth-order valence-corrected chi connectivity index (χ4v) is 2.20. The van der Waals surface area contributed by atoms with Crippen LogP contribution in [0.3, 0.4) is 0 Å². The molecule has 0 saturated heterocycles. The van der Waals surface area contributed by atoms with Crippen LogP contribution in [-0.4, -0.2) is 17.7 Å². The Kier molecular flexibility index (Phi) is 8.31. The number of ether oxygens (including phenoxy) is 1. The van der Waals surface area contributed by atoms with Gasteiger partial charge in [0.25, 0.3) is 0 Å². The zero-order chi connectivity index (χ0) is 14.8. The van der Waals surface area contributed by atoms with Crippen LogP contribution < -0.4 is 0 Å². The van der Waals surface area contributed by atoms with E-state index in [-0.39, 0.29) is 5.56 Å². The van der Waals surface area contributed by atoms with Crippen molar-refractivity contribution in [2.45, 2.75) is 52.1 Å². The molecule has 3 nitrogen and oxygen atoms in total. The molecule has 0 aromatic heterocycles. The number of benzene rings is 1. The maximum Gasteiger partial charge on any atom is 0.335 e. The van der Waals surface area contributed by atoms with Crippen LogP contribution in [0.5, 0.6) is 0 Å². The highest BCUT2D eigenvalue weighted by atomic mass is 35.5. The molecule has 0 heterocycles. The van der Waals surface area contributed by atoms with Gasteiger partial charge in [-0.15, -0.1) is 0 Å². The van der Waals surface area contributed by atoms with Crippen molar-refractivity contribution in [3.05, 3.63) is 34.3 Å². The summed E-state index contributed by atoms with van der Waals surface area (Å²) in [6, 6.07) is 4.73. The van der Waals surface area contributed by atoms with E-state index in [1.54, 1.807) is 12.1 Å². The molecule has 1 N–H and O–H groups in total. The Morgan fingerprint density at radius 3 is 2.55 bits per heavy atom. The topological polar surface area (TPSA) is 46.5 Å². The third-order valence-corrected chi connectivity index (χ3v) is 3.55. The summed E-state index contributed by atoms with van der Waals surface area (Å²) in [5.74, 6) is -0.966. The number of hydrogen-bond acceptors (Lipinski definition) is 2. The number of hydrogen-bond donors (Lipinski definition) is 1. The first-order valence-corrected chi connectivity index (χ1v) is 7.62. The van der Waals surface area contributed by atoms with Gasteiger partial charge >= 0.3 is 5.97 Å². The monoisotopic (exact) mass is 298 g/mol. The Balaban J connectivity index is 2.20. The second kappa shape index (κ2) is 9.78. The zero-order valence-corrected chi connectivity index (χ0v) is 12.8. The molecule has 0 amide bonds. The van der Waals surface area contributed by atoms with E-state index >= 15 is 0 Å². The van der Waals surface area contributed by atoms with Crippen molar-refractivity contribution in [3.8, 4) is 0 Å². The quantitative estimate of drug-likeness (QED) is 0.624. The summed E-state index contributed by atoms with van der Waals surface area (Å²) in [5, 5.41) is 9.30. The van der Waals surface area contributed by atoms with E-state index in [0.717, 1.165) is 18.6 Å². The van der Waals surface area contributed by atoms with E-state index in [1.165, 1.54) is 38.2 Å². The lowest BCUT2D eigenvalue weighted by Gasteiger charge is -2.07. The summed E-state index contributed by atoms with van der Waals surface area (Å²) in [6.07, 6.45) is 7.41. The molecule has 0 aliphatic carbocycles. The highest BCUT2D eigenvalue weighted by Crippen LogP contribution is 2.19. The van der Waals surface area contributed by atoms with Gasteiger partial charge in [-0.25, -0.2) is 4.79 Å². The molecular formula is C16H23ClO3. The Labute approximate surface area is 125 Å². The first-order valence-electron chi connectivity index (χ1n) is 7.24. The Hall–Kier alpha value is -1.06. The largest absolute Gasteiger partial charge is 0.478 e. The highest BCUT2D eigenvalue weighted by molar-refractivity contribution is 6.31. The van der Waals surface area contributed by atoms with E-state index in [4.69, 9.17) is 21.4 Å². The van der Waals surface area contributed by atoms with Crippen LogP contribution in [0.4, 0.5) is 0 Å². The molecule has 0 fully saturated rings. The van der Waals surface area contributed by atoms with Gasteiger partial charge in [0, 0.05) is 11.6 Å². The lowest BCUT2D eigenvalue weighted by Crippen LogP contribution is -2.00. The van der Waals surface area contributed by atoms with E-state index in [2.05, 4.69) is 6.92 Å². The number of halogens is 1. The van der Waals surface area contributed by atoms with Gasteiger partial charge in [0.15, 0.2) is 0 Å². The van der Waals surface area contributed by atoms with Gasteiger partial charge in [0.05, 0.1) is 12.2 Å². The van der Waals surface area contributed by atoms with Crippen LogP contribution in [0.1, 0.15) is 61.4 Å². The molecule has 0 saturated carbocycles. The van der Waals surface area contributed by atoms with Crippen LogP contribution in [0.15, 0.2) is 18.2 Å².